The third-order valence-corrected chi connectivity index (χ3v) is 5.99. The van der Waals surface area contributed by atoms with E-state index in [0.29, 0.717) is 6.54 Å². The van der Waals surface area contributed by atoms with E-state index in [0.717, 1.165) is 48.8 Å². The number of para-hydroxylation sites is 1. The summed E-state index contributed by atoms with van der Waals surface area (Å²) in [6.45, 7) is 2.67. The molecule has 26 heavy (non-hydrogen) atoms. The highest BCUT2D eigenvalue weighted by atomic mass is 35.5. The lowest BCUT2D eigenvalue weighted by Crippen LogP contribution is -2.29. The number of hydrogen-bond donors (Lipinski definition) is 3. The molecular weight excluding hydrogens is 366 g/mol. The van der Waals surface area contributed by atoms with Gasteiger partial charge in [-0.1, -0.05) is 35.9 Å². The van der Waals surface area contributed by atoms with Crippen molar-refractivity contribution in [2.75, 3.05) is 30.7 Å². The van der Waals surface area contributed by atoms with E-state index in [1.807, 2.05) is 36.4 Å². The van der Waals surface area contributed by atoms with Gasteiger partial charge in [0, 0.05) is 17.1 Å². The number of benzene rings is 2. The summed E-state index contributed by atoms with van der Waals surface area (Å²) in [6, 6.07) is 13.5. The van der Waals surface area contributed by atoms with Gasteiger partial charge in [-0.05, 0) is 67.4 Å². The number of carbonyl (C=O) groups excluding carboxylic acids is 1. The Morgan fingerprint density at radius 1 is 1.12 bits per heavy atom. The molecule has 1 aliphatic rings. The maximum atomic E-state index is 11.9. The second-order valence-electron chi connectivity index (χ2n) is 6.21. The van der Waals surface area contributed by atoms with Crippen LogP contribution in [0.15, 0.2) is 47.4 Å². The van der Waals surface area contributed by atoms with Crippen LogP contribution in [0, 0.1) is 0 Å². The Hall–Kier alpha value is -1.69. The fourth-order valence-electron chi connectivity index (χ4n) is 3.01. The monoisotopic (exact) mass is 389 g/mol. The fraction of sp³-hybridized carbons (Fsp3) is 0.350. The number of halogens is 1. The van der Waals surface area contributed by atoms with Crippen molar-refractivity contribution in [2.45, 2.75) is 24.2 Å². The minimum atomic E-state index is -0.168. The van der Waals surface area contributed by atoms with Gasteiger partial charge in [0.1, 0.15) is 0 Å². The van der Waals surface area contributed by atoms with Gasteiger partial charge in [-0.25, -0.2) is 4.79 Å². The molecule has 0 bridgehead atoms. The minimum Gasteiger partial charge on any atom is -0.338 e. The molecule has 0 fully saturated rings. The first-order chi connectivity index (χ1) is 12.7. The summed E-state index contributed by atoms with van der Waals surface area (Å²) in [5.74, 6) is 0.926. The normalized spacial score (nSPS) is 13.6. The number of amides is 2. The second kappa shape index (κ2) is 9.86. The van der Waals surface area contributed by atoms with Gasteiger partial charge in [0.05, 0.1) is 5.02 Å². The van der Waals surface area contributed by atoms with Crippen molar-refractivity contribution in [1.82, 2.24) is 10.6 Å². The lowest BCUT2D eigenvalue weighted by Gasteiger charge is -2.14. The van der Waals surface area contributed by atoms with Gasteiger partial charge in [0.2, 0.25) is 0 Å². The molecule has 3 rings (SSSR count). The number of fused-ring (bicyclic) bond motifs is 1. The maximum absolute atomic E-state index is 11.9. The standard InChI is InChI=1S/C20H24ClN3OS/c21-18-8-7-15-9-12-22-13-10-17(15)19(18)26-14-4-11-23-20(25)24-16-5-2-1-3-6-16/h1-3,5-8,22H,4,9-14H2,(H2,23,24,25). The SMILES string of the molecule is O=C(NCCCSc1c(Cl)ccc2c1CCNCC2)Nc1ccccc1. The van der Waals surface area contributed by atoms with Crippen LogP contribution in [0.4, 0.5) is 10.5 Å². The molecule has 2 aromatic rings. The molecule has 0 spiro atoms. The van der Waals surface area contributed by atoms with Crippen LogP contribution in [0.1, 0.15) is 17.5 Å². The van der Waals surface area contributed by atoms with Crippen molar-refractivity contribution in [3.8, 4) is 0 Å². The molecule has 6 heteroatoms. The van der Waals surface area contributed by atoms with E-state index in [1.54, 1.807) is 11.8 Å². The van der Waals surface area contributed by atoms with Crippen molar-refractivity contribution in [3.63, 3.8) is 0 Å². The predicted octanol–water partition coefficient (Wildman–Crippen LogP) is 4.33. The maximum Gasteiger partial charge on any atom is 0.319 e. The average Bonchev–Trinajstić information content (AvgIpc) is 2.89. The van der Waals surface area contributed by atoms with Crippen LogP contribution in [0.5, 0.6) is 0 Å². The van der Waals surface area contributed by atoms with Crippen LogP contribution in [0.25, 0.3) is 0 Å². The molecule has 0 saturated heterocycles. The fourth-order valence-corrected chi connectivity index (χ4v) is 4.46. The number of rotatable bonds is 6. The lowest BCUT2D eigenvalue weighted by atomic mass is 10.0. The molecule has 1 aliphatic heterocycles. The van der Waals surface area contributed by atoms with Gasteiger partial charge >= 0.3 is 6.03 Å². The van der Waals surface area contributed by atoms with Crippen LogP contribution in [0.3, 0.4) is 0 Å². The first kappa shape index (κ1) is 19.1. The van der Waals surface area contributed by atoms with E-state index >= 15 is 0 Å². The third-order valence-electron chi connectivity index (χ3n) is 4.32. The second-order valence-corrected chi connectivity index (χ2v) is 7.73. The molecule has 0 aliphatic carbocycles. The average molecular weight is 390 g/mol. The summed E-state index contributed by atoms with van der Waals surface area (Å²) in [6.07, 6.45) is 2.97. The molecule has 0 atom stereocenters. The highest BCUT2D eigenvalue weighted by molar-refractivity contribution is 7.99. The van der Waals surface area contributed by atoms with Crippen molar-refractivity contribution < 1.29 is 4.79 Å². The number of anilines is 1. The van der Waals surface area contributed by atoms with Crippen molar-refractivity contribution in [3.05, 3.63) is 58.6 Å². The molecule has 4 nitrogen and oxygen atoms in total. The highest BCUT2D eigenvalue weighted by Gasteiger charge is 2.15. The largest absolute Gasteiger partial charge is 0.338 e. The molecule has 0 aromatic heterocycles. The number of urea groups is 1. The Labute approximate surface area is 164 Å². The Bertz CT molecular complexity index is 739. The summed E-state index contributed by atoms with van der Waals surface area (Å²) in [7, 11) is 0. The highest BCUT2D eigenvalue weighted by Crippen LogP contribution is 2.34. The van der Waals surface area contributed by atoms with Gasteiger partial charge in [0.15, 0.2) is 0 Å². The summed E-state index contributed by atoms with van der Waals surface area (Å²) < 4.78 is 0. The van der Waals surface area contributed by atoms with Crippen LogP contribution in [0.2, 0.25) is 5.02 Å². The number of hydrogen-bond acceptors (Lipinski definition) is 3. The molecule has 2 amide bonds. The molecule has 1 heterocycles. The third kappa shape index (κ3) is 5.40. The molecular formula is C20H24ClN3OS. The van der Waals surface area contributed by atoms with E-state index in [1.165, 1.54) is 16.0 Å². The van der Waals surface area contributed by atoms with Gasteiger partial charge < -0.3 is 16.0 Å². The Balaban J connectivity index is 1.44. The van der Waals surface area contributed by atoms with Gasteiger partial charge in [-0.15, -0.1) is 11.8 Å². The van der Waals surface area contributed by atoms with Gasteiger partial charge in [-0.2, -0.15) is 0 Å². The van der Waals surface area contributed by atoms with Crippen LogP contribution < -0.4 is 16.0 Å². The van der Waals surface area contributed by atoms with E-state index in [4.69, 9.17) is 11.6 Å². The summed E-state index contributed by atoms with van der Waals surface area (Å²) >= 11 is 8.24. The van der Waals surface area contributed by atoms with Crippen LogP contribution in [-0.4, -0.2) is 31.4 Å². The van der Waals surface area contributed by atoms with Crippen molar-refractivity contribution in [2.24, 2.45) is 0 Å². The van der Waals surface area contributed by atoms with Gasteiger partial charge in [0.25, 0.3) is 0 Å². The molecule has 0 unspecified atom stereocenters. The Morgan fingerprint density at radius 3 is 2.77 bits per heavy atom. The summed E-state index contributed by atoms with van der Waals surface area (Å²) in [5, 5.41) is 10.0. The minimum absolute atomic E-state index is 0.168. The Morgan fingerprint density at radius 2 is 1.92 bits per heavy atom. The molecule has 3 N–H and O–H groups in total. The van der Waals surface area contributed by atoms with E-state index in [9.17, 15) is 4.79 Å². The number of carbonyl (C=O) groups is 1. The molecule has 138 valence electrons. The van der Waals surface area contributed by atoms with Crippen LogP contribution >= 0.6 is 23.4 Å². The smallest absolute Gasteiger partial charge is 0.319 e. The Kier molecular flexibility index (Phi) is 7.23. The van der Waals surface area contributed by atoms with Crippen LogP contribution in [-0.2, 0) is 12.8 Å². The number of nitrogens with one attached hydrogen (secondary N) is 3. The molecule has 2 aromatic carbocycles. The summed E-state index contributed by atoms with van der Waals surface area (Å²) in [5.41, 5.74) is 3.59. The van der Waals surface area contributed by atoms with Gasteiger partial charge in [-0.3, -0.25) is 0 Å². The summed E-state index contributed by atoms with van der Waals surface area (Å²) in [4.78, 5) is 13.1. The zero-order chi connectivity index (χ0) is 18.2. The first-order valence-corrected chi connectivity index (χ1v) is 10.3. The zero-order valence-corrected chi connectivity index (χ0v) is 16.3. The van der Waals surface area contributed by atoms with Crippen molar-refractivity contribution in [1.29, 1.82) is 0 Å². The van der Waals surface area contributed by atoms with E-state index in [2.05, 4.69) is 22.0 Å². The lowest BCUT2D eigenvalue weighted by molar-refractivity contribution is 0.252. The zero-order valence-electron chi connectivity index (χ0n) is 14.7. The number of thioether (sulfide) groups is 1. The predicted molar refractivity (Wildman–Crippen MR) is 111 cm³/mol. The van der Waals surface area contributed by atoms with E-state index < -0.39 is 0 Å². The topological polar surface area (TPSA) is 53.2 Å². The first-order valence-electron chi connectivity index (χ1n) is 8.98. The molecule has 0 saturated carbocycles. The molecule has 0 radical (unpaired) electrons. The van der Waals surface area contributed by atoms with E-state index in [-0.39, 0.29) is 6.03 Å². The quantitative estimate of drug-likeness (QED) is 0.509. The van der Waals surface area contributed by atoms with Crippen molar-refractivity contribution >= 4 is 35.1 Å².